The summed E-state index contributed by atoms with van der Waals surface area (Å²) in [5.41, 5.74) is 1.77. The Labute approximate surface area is 192 Å². The van der Waals surface area contributed by atoms with Gasteiger partial charge < -0.3 is 20.4 Å². The molecule has 2 amide bonds. The molecule has 164 valence electrons. The lowest BCUT2D eigenvalue weighted by Gasteiger charge is -2.25. The molecule has 0 heterocycles. The van der Waals surface area contributed by atoms with Crippen LogP contribution in [0.1, 0.15) is 46.1 Å². The maximum Gasteiger partial charge on any atom is 0.242 e. The molecule has 0 unspecified atom stereocenters. The van der Waals surface area contributed by atoms with Crippen molar-refractivity contribution in [3.8, 4) is 0 Å². The lowest BCUT2D eigenvalue weighted by molar-refractivity contribution is -0.131. The molecule has 1 rings (SSSR count). The molecular weight excluding hydrogens is 481 g/mol. The van der Waals surface area contributed by atoms with Crippen molar-refractivity contribution in [2.45, 2.75) is 47.1 Å². The molecule has 0 atom stereocenters. The number of rotatable bonds is 10. The van der Waals surface area contributed by atoms with E-state index in [4.69, 9.17) is 0 Å². The fourth-order valence-electron chi connectivity index (χ4n) is 2.79. The number of likely N-dealkylation sites (N-methyl/N-ethyl adjacent to an activating group) is 2. The maximum absolute atomic E-state index is 12.4. The summed E-state index contributed by atoms with van der Waals surface area (Å²) < 4.78 is 0. The third kappa shape index (κ3) is 9.96. The van der Waals surface area contributed by atoms with Crippen molar-refractivity contribution in [3.05, 3.63) is 29.8 Å². The van der Waals surface area contributed by atoms with E-state index in [-0.39, 0.29) is 42.3 Å². The van der Waals surface area contributed by atoms with Gasteiger partial charge in [0, 0.05) is 38.8 Å². The number of amides is 2. The number of hydrogen-bond acceptors (Lipinski definition) is 3. The van der Waals surface area contributed by atoms with Crippen LogP contribution in [0.2, 0.25) is 0 Å². The zero-order valence-electron chi connectivity index (χ0n) is 18.3. The number of halogens is 1. The Morgan fingerprint density at radius 1 is 1.10 bits per heavy atom. The number of nitrogens with zero attached hydrogens (tertiary/aromatic N) is 3. The summed E-state index contributed by atoms with van der Waals surface area (Å²) in [5, 5.41) is 6.14. The molecule has 0 aromatic heterocycles. The Morgan fingerprint density at radius 3 is 2.38 bits per heavy atom. The Kier molecular flexibility index (Phi) is 14.1. The molecule has 0 bridgehead atoms. The highest BCUT2D eigenvalue weighted by molar-refractivity contribution is 14.0. The summed E-state index contributed by atoms with van der Waals surface area (Å²) in [4.78, 5) is 32.4. The molecule has 0 aliphatic rings. The molecule has 2 N–H and O–H groups in total. The molecule has 0 saturated heterocycles. The average Bonchev–Trinajstić information content (AvgIpc) is 2.66. The van der Waals surface area contributed by atoms with Crippen molar-refractivity contribution in [2.75, 3.05) is 38.5 Å². The van der Waals surface area contributed by atoms with E-state index in [1.54, 1.807) is 0 Å². The van der Waals surface area contributed by atoms with E-state index in [0.29, 0.717) is 32.0 Å². The normalized spacial score (nSPS) is 10.7. The fourth-order valence-corrected chi connectivity index (χ4v) is 2.79. The van der Waals surface area contributed by atoms with Gasteiger partial charge in [0.15, 0.2) is 5.96 Å². The van der Waals surface area contributed by atoms with Crippen molar-refractivity contribution in [1.29, 1.82) is 0 Å². The molecule has 0 spiro atoms. The van der Waals surface area contributed by atoms with Crippen LogP contribution in [0.15, 0.2) is 29.3 Å². The average molecular weight is 517 g/mol. The van der Waals surface area contributed by atoms with Crippen molar-refractivity contribution < 1.29 is 9.59 Å². The summed E-state index contributed by atoms with van der Waals surface area (Å²) in [7, 11) is 1.87. The first-order valence-corrected chi connectivity index (χ1v) is 10.1. The Morgan fingerprint density at radius 2 is 1.79 bits per heavy atom. The molecule has 1 aromatic carbocycles. The van der Waals surface area contributed by atoms with Gasteiger partial charge in [0.2, 0.25) is 11.8 Å². The highest BCUT2D eigenvalue weighted by Crippen LogP contribution is 2.12. The van der Waals surface area contributed by atoms with E-state index in [1.165, 1.54) is 0 Å². The zero-order chi connectivity index (χ0) is 20.9. The minimum absolute atomic E-state index is 0. The fraction of sp³-hybridized carbons (Fsp3) is 0.571. The molecule has 1 aromatic rings. The SMILES string of the molecule is CCCC(=O)Nc1cccc(CN=C(NCC)N(C)CC(=O)N(CC)CC)c1.I. The summed E-state index contributed by atoms with van der Waals surface area (Å²) >= 11 is 0. The minimum atomic E-state index is 0. The predicted octanol–water partition coefficient (Wildman–Crippen LogP) is 3.31. The van der Waals surface area contributed by atoms with Crippen molar-refractivity contribution in [2.24, 2.45) is 4.99 Å². The molecular formula is C21H36IN5O2. The lowest BCUT2D eigenvalue weighted by Crippen LogP contribution is -2.45. The molecule has 0 aliphatic carbocycles. The first kappa shape index (κ1) is 27.2. The monoisotopic (exact) mass is 517 g/mol. The molecule has 7 nitrogen and oxygen atoms in total. The predicted molar refractivity (Wildman–Crippen MR) is 131 cm³/mol. The molecule has 0 saturated carbocycles. The lowest BCUT2D eigenvalue weighted by atomic mass is 10.2. The van der Waals surface area contributed by atoms with Crippen LogP contribution in [-0.4, -0.2) is 60.8 Å². The standard InChI is InChI=1S/C21H35N5O2.HI/c1-6-11-19(27)24-18-13-10-12-17(14-18)15-23-21(22-7-2)25(5)16-20(28)26(8-3)9-4;/h10,12-14H,6-9,11,15-16H2,1-5H3,(H,22,23)(H,24,27);1H. The van der Waals surface area contributed by atoms with Crippen molar-refractivity contribution >= 4 is 47.4 Å². The molecule has 0 radical (unpaired) electrons. The molecule has 8 heteroatoms. The topological polar surface area (TPSA) is 77.0 Å². The molecule has 29 heavy (non-hydrogen) atoms. The van der Waals surface area contributed by atoms with Crippen LogP contribution < -0.4 is 10.6 Å². The third-order valence-electron chi connectivity index (χ3n) is 4.28. The number of anilines is 1. The largest absolute Gasteiger partial charge is 0.357 e. The first-order chi connectivity index (χ1) is 13.4. The van der Waals surface area contributed by atoms with Crippen LogP contribution >= 0.6 is 24.0 Å². The third-order valence-corrected chi connectivity index (χ3v) is 4.28. The van der Waals surface area contributed by atoms with Gasteiger partial charge in [-0.15, -0.1) is 24.0 Å². The summed E-state index contributed by atoms with van der Waals surface area (Å²) in [5.74, 6) is 0.785. The second-order valence-corrected chi connectivity index (χ2v) is 6.59. The summed E-state index contributed by atoms with van der Waals surface area (Å²) in [6.45, 7) is 10.8. The van der Waals surface area contributed by atoms with E-state index in [0.717, 1.165) is 24.2 Å². The summed E-state index contributed by atoms with van der Waals surface area (Å²) in [6, 6.07) is 7.69. The van der Waals surface area contributed by atoms with E-state index in [2.05, 4.69) is 15.6 Å². The van der Waals surface area contributed by atoms with Crippen LogP contribution in [0, 0.1) is 0 Å². The number of guanidine groups is 1. The summed E-state index contributed by atoms with van der Waals surface area (Å²) in [6.07, 6.45) is 1.33. The number of aliphatic imine (C=N–C) groups is 1. The number of nitrogens with one attached hydrogen (secondary N) is 2. The van der Waals surface area contributed by atoms with Crippen LogP contribution in [0.3, 0.4) is 0 Å². The zero-order valence-corrected chi connectivity index (χ0v) is 20.7. The van der Waals surface area contributed by atoms with Gasteiger partial charge in [-0.1, -0.05) is 19.1 Å². The van der Waals surface area contributed by atoms with Gasteiger partial charge in [-0.2, -0.15) is 0 Å². The minimum Gasteiger partial charge on any atom is -0.357 e. The van der Waals surface area contributed by atoms with E-state index in [9.17, 15) is 9.59 Å². The second kappa shape index (κ2) is 15.1. The van der Waals surface area contributed by atoms with Crippen molar-refractivity contribution in [1.82, 2.24) is 15.1 Å². The van der Waals surface area contributed by atoms with Gasteiger partial charge >= 0.3 is 0 Å². The van der Waals surface area contributed by atoms with E-state index < -0.39 is 0 Å². The van der Waals surface area contributed by atoms with Gasteiger partial charge in [-0.05, 0) is 44.9 Å². The first-order valence-electron chi connectivity index (χ1n) is 10.1. The smallest absolute Gasteiger partial charge is 0.242 e. The van der Waals surface area contributed by atoms with Gasteiger partial charge in [-0.3, -0.25) is 9.59 Å². The quantitative estimate of drug-likeness (QED) is 0.284. The van der Waals surface area contributed by atoms with Crippen LogP contribution in [0.25, 0.3) is 0 Å². The van der Waals surface area contributed by atoms with Gasteiger partial charge in [0.1, 0.15) is 0 Å². The van der Waals surface area contributed by atoms with E-state index >= 15 is 0 Å². The van der Waals surface area contributed by atoms with Crippen LogP contribution in [-0.2, 0) is 16.1 Å². The number of benzene rings is 1. The Hall–Kier alpha value is -1.84. The maximum atomic E-state index is 12.4. The number of carbonyl (C=O) groups excluding carboxylic acids is 2. The Balaban J connectivity index is 0.00000784. The molecule has 0 aliphatic heterocycles. The van der Waals surface area contributed by atoms with Gasteiger partial charge in [0.25, 0.3) is 0 Å². The highest BCUT2D eigenvalue weighted by atomic mass is 127. The van der Waals surface area contributed by atoms with Crippen LogP contribution in [0.5, 0.6) is 0 Å². The van der Waals surface area contributed by atoms with Gasteiger partial charge in [-0.25, -0.2) is 4.99 Å². The number of carbonyl (C=O) groups is 2. The number of hydrogen-bond donors (Lipinski definition) is 2. The van der Waals surface area contributed by atoms with Crippen molar-refractivity contribution in [3.63, 3.8) is 0 Å². The Bertz CT molecular complexity index is 662. The molecule has 0 fully saturated rings. The van der Waals surface area contributed by atoms with E-state index in [1.807, 2.05) is 68.8 Å². The van der Waals surface area contributed by atoms with Gasteiger partial charge in [0.05, 0.1) is 13.1 Å². The van der Waals surface area contributed by atoms with Crippen LogP contribution in [0.4, 0.5) is 5.69 Å². The second-order valence-electron chi connectivity index (χ2n) is 6.59. The highest BCUT2D eigenvalue weighted by Gasteiger charge is 2.15.